The number of benzene rings is 1. The third-order valence-corrected chi connectivity index (χ3v) is 4.61. The summed E-state index contributed by atoms with van der Waals surface area (Å²) in [5.74, 6) is 2.25. The number of aromatic nitrogens is 4. The lowest BCUT2D eigenvalue weighted by Gasteiger charge is -2.11. The van der Waals surface area contributed by atoms with Gasteiger partial charge in [-0.1, -0.05) is 31.5 Å². The molecule has 4 rings (SSSR count). The van der Waals surface area contributed by atoms with Crippen LogP contribution < -0.4 is 18.9 Å². The lowest BCUT2D eigenvalue weighted by molar-refractivity contribution is 0.174. The highest BCUT2D eigenvalue weighted by Crippen LogP contribution is 2.41. The molecule has 0 atom stereocenters. The predicted molar refractivity (Wildman–Crippen MR) is 107 cm³/mol. The van der Waals surface area contributed by atoms with Gasteiger partial charge in [0.15, 0.2) is 11.5 Å². The lowest BCUT2D eigenvalue weighted by Crippen LogP contribution is -2.11. The SMILES string of the molecule is CC(C)c1c(-c2ccc3c(c2)OCO3)c(OCCOc2ncc(Cl)cn2)nn1C. The van der Waals surface area contributed by atoms with Gasteiger partial charge in [0.05, 0.1) is 28.7 Å². The van der Waals surface area contributed by atoms with Crippen molar-refractivity contribution < 1.29 is 18.9 Å². The number of fused-ring (bicyclic) bond motifs is 1. The van der Waals surface area contributed by atoms with Gasteiger partial charge in [-0.25, -0.2) is 9.97 Å². The van der Waals surface area contributed by atoms with Gasteiger partial charge in [0.1, 0.15) is 13.2 Å². The molecule has 1 aliphatic rings. The van der Waals surface area contributed by atoms with Crippen LogP contribution in [0.1, 0.15) is 25.5 Å². The van der Waals surface area contributed by atoms with Crippen molar-refractivity contribution in [1.29, 1.82) is 0 Å². The predicted octanol–water partition coefficient (Wildman–Crippen LogP) is 3.84. The molecule has 152 valence electrons. The molecular formula is C20H21ClN4O4. The van der Waals surface area contributed by atoms with E-state index in [1.165, 1.54) is 12.4 Å². The molecule has 0 fully saturated rings. The Morgan fingerprint density at radius 1 is 1.10 bits per heavy atom. The highest BCUT2D eigenvalue weighted by atomic mass is 35.5. The smallest absolute Gasteiger partial charge is 0.316 e. The molecule has 0 saturated carbocycles. The van der Waals surface area contributed by atoms with E-state index in [2.05, 4.69) is 28.9 Å². The van der Waals surface area contributed by atoms with Crippen LogP contribution in [0.3, 0.4) is 0 Å². The van der Waals surface area contributed by atoms with Crippen LogP contribution in [0, 0.1) is 0 Å². The van der Waals surface area contributed by atoms with E-state index in [0.717, 1.165) is 28.3 Å². The second-order valence-electron chi connectivity index (χ2n) is 6.79. The standard InChI is InChI=1S/C20H21ClN4O4/c1-12(2)18-17(13-4-5-15-16(8-13)29-11-28-15)19(24-25(18)3)26-6-7-27-20-22-9-14(21)10-23-20/h4-5,8-10,12H,6-7,11H2,1-3H3. The minimum atomic E-state index is 0.232. The first-order chi connectivity index (χ1) is 14.0. The Balaban J connectivity index is 1.53. The molecule has 3 heterocycles. The first-order valence-corrected chi connectivity index (χ1v) is 9.60. The molecule has 1 aromatic carbocycles. The largest absolute Gasteiger partial charge is 0.473 e. The number of ether oxygens (including phenoxy) is 4. The zero-order valence-electron chi connectivity index (χ0n) is 16.4. The molecule has 0 saturated heterocycles. The monoisotopic (exact) mass is 416 g/mol. The summed E-state index contributed by atoms with van der Waals surface area (Å²) in [7, 11) is 1.91. The number of hydrogen-bond donors (Lipinski definition) is 0. The Morgan fingerprint density at radius 2 is 1.83 bits per heavy atom. The normalized spacial score (nSPS) is 12.4. The fraction of sp³-hybridized carbons (Fsp3) is 0.350. The molecule has 0 amide bonds. The molecule has 9 heteroatoms. The van der Waals surface area contributed by atoms with E-state index < -0.39 is 0 Å². The molecule has 0 bridgehead atoms. The highest BCUT2D eigenvalue weighted by molar-refractivity contribution is 6.30. The van der Waals surface area contributed by atoms with Crippen LogP contribution in [0.25, 0.3) is 11.1 Å². The molecule has 0 spiro atoms. The van der Waals surface area contributed by atoms with Crippen molar-refractivity contribution >= 4 is 11.6 Å². The Morgan fingerprint density at radius 3 is 2.59 bits per heavy atom. The number of rotatable bonds is 7. The lowest BCUT2D eigenvalue weighted by atomic mass is 9.99. The van der Waals surface area contributed by atoms with Gasteiger partial charge in [0.25, 0.3) is 0 Å². The van der Waals surface area contributed by atoms with E-state index in [4.69, 9.17) is 30.5 Å². The number of nitrogens with zero attached hydrogens (tertiary/aromatic N) is 4. The Kier molecular flexibility index (Phi) is 5.44. The summed E-state index contributed by atoms with van der Waals surface area (Å²) in [6.07, 6.45) is 2.96. The van der Waals surface area contributed by atoms with Crippen molar-refractivity contribution in [3.8, 4) is 34.5 Å². The minimum Gasteiger partial charge on any atom is -0.473 e. The molecule has 8 nitrogen and oxygen atoms in total. The van der Waals surface area contributed by atoms with Crippen molar-refractivity contribution in [3.05, 3.63) is 41.3 Å². The highest BCUT2D eigenvalue weighted by Gasteiger charge is 2.24. The van der Waals surface area contributed by atoms with E-state index in [1.807, 2.05) is 29.9 Å². The van der Waals surface area contributed by atoms with Crippen molar-refractivity contribution in [1.82, 2.24) is 19.7 Å². The van der Waals surface area contributed by atoms with E-state index in [0.29, 0.717) is 10.9 Å². The summed E-state index contributed by atoms with van der Waals surface area (Å²) in [6.45, 7) is 5.04. The molecule has 2 aromatic heterocycles. The summed E-state index contributed by atoms with van der Waals surface area (Å²) < 4.78 is 24.3. The zero-order valence-corrected chi connectivity index (χ0v) is 17.1. The van der Waals surface area contributed by atoms with Crippen LogP contribution >= 0.6 is 11.6 Å². The third kappa shape index (κ3) is 4.07. The number of halogens is 1. The fourth-order valence-corrected chi connectivity index (χ4v) is 3.34. The Hall–Kier alpha value is -3.00. The molecule has 1 aliphatic heterocycles. The average molecular weight is 417 g/mol. The molecule has 0 aliphatic carbocycles. The van der Waals surface area contributed by atoms with Crippen LogP contribution in [0.15, 0.2) is 30.6 Å². The summed E-state index contributed by atoms with van der Waals surface area (Å²) in [6, 6.07) is 6.09. The van der Waals surface area contributed by atoms with Crippen LogP contribution in [0.2, 0.25) is 5.02 Å². The maximum Gasteiger partial charge on any atom is 0.316 e. The third-order valence-electron chi connectivity index (χ3n) is 4.42. The van der Waals surface area contributed by atoms with Crippen LogP contribution in [0.4, 0.5) is 0 Å². The van der Waals surface area contributed by atoms with Gasteiger partial charge in [0, 0.05) is 7.05 Å². The minimum absolute atomic E-state index is 0.232. The summed E-state index contributed by atoms with van der Waals surface area (Å²) in [5.41, 5.74) is 2.97. The van der Waals surface area contributed by atoms with Crippen molar-refractivity contribution in [3.63, 3.8) is 0 Å². The van der Waals surface area contributed by atoms with Gasteiger partial charge in [0.2, 0.25) is 12.7 Å². The van der Waals surface area contributed by atoms with E-state index in [-0.39, 0.29) is 31.9 Å². The van der Waals surface area contributed by atoms with E-state index in [9.17, 15) is 0 Å². The molecule has 0 unspecified atom stereocenters. The average Bonchev–Trinajstić information content (AvgIpc) is 3.29. The van der Waals surface area contributed by atoms with E-state index >= 15 is 0 Å². The maximum atomic E-state index is 5.96. The Labute approximate surface area is 173 Å². The quantitative estimate of drug-likeness (QED) is 0.541. The molecule has 0 N–H and O–H groups in total. The molecular weight excluding hydrogens is 396 g/mol. The van der Waals surface area contributed by atoms with E-state index in [1.54, 1.807) is 0 Å². The second kappa shape index (κ2) is 8.16. The van der Waals surface area contributed by atoms with Crippen LogP contribution in [-0.4, -0.2) is 39.8 Å². The van der Waals surface area contributed by atoms with Crippen molar-refractivity contribution in [2.24, 2.45) is 7.05 Å². The topological polar surface area (TPSA) is 80.5 Å². The molecule has 3 aromatic rings. The summed E-state index contributed by atoms with van der Waals surface area (Å²) >= 11 is 5.77. The first-order valence-electron chi connectivity index (χ1n) is 9.23. The van der Waals surface area contributed by atoms with Gasteiger partial charge in [-0.2, -0.15) is 0 Å². The van der Waals surface area contributed by atoms with Gasteiger partial charge in [-0.3, -0.25) is 4.68 Å². The zero-order chi connectivity index (χ0) is 20.4. The fourth-order valence-electron chi connectivity index (χ4n) is 3.24. The van der Waals surface area contributed by atoms with Crippen molar-refractivity contribution in [2.75, 3.05) is 20.0 Å². The first kappa shape index (κ1) is 19.3. The maximum absolute atomic E-state index is 5.96. The number of hydrogen-bond acceptors (Lipinski definition) is 7. The second-order valence-corrected chi connectivity index (χ2v) is 7.23. The van der Waals surface area contributed by atoms with Gasteiger partial charge in [-0.05, 0) is 23.6 Å². The van der Waals surface area contributed by atoms with Crippen molar-refractivity contribution in [2.45, 2.75) is 19.8 Å². The van der Waals surface area contributed by atoms with Crippen LogP contribution in [0.5, 0.6) is 23.4 Å². The van der Waals surface area contributed by atoms with Crippen LogP contribution in [-0.2, 0) is 7.05 Å². The van der Waals surface area contributed by atoms with Gasteiger partial charge >= 0.3 is 6.01 Å². The molecule has 0 radical (unpaired) electrons. The van der Waals surface area contributed by atoms with Gasteiger partial charge < -0.3 is 18.9 Å². The van der Waals surface area contributed by atoms with Gasteiger partial charge in [-0.15, -0.1) is 5.10 Å². The number of aryl methyl sites for hydroxylation is 1. The summed E-state index contributed by atoms with van der Waals surface area (Å²) in [4.78, 5) is 7.99. The Bertz CT molecular complexity index is 1000. The molecule has 29 heavy (non-hydrogen) atoms. The summed E-state index contributed by atoms with van der Waals surface area (Å²) in [5, 5.41) is 5.03.